The molecule has 0 N–H and O–H groups in total. The van der Waals surface area contributed by atoms with Crippen molar-refractivity contribution in [1.29, 1.82) is 5.26 Å². The molecule has 4 rings (SSSR count). The second-order valence-electron chi connectivity index (χ2n) is 8.06. The molecule has 1 unspecified atom stereocenters. The molecular formula is C25H27N3O4S. The number of hydrogen-bond acceptors (Lipinski definition) is 7. The number of methoxy groups -OCH3 is 3. The van der Waals surface area contributed by atoms with Gasteiger partial charge in [0.25, 0.3) is 0 Å². The minimum absolute atomic E-state index is 0.00816. The van der Waals surface area contributed by atoms with Crippen LogP contribution in [0.3, 0.4) is 0 Å². The van der Waals surface area contributed by atoms with Gasteiger partial charge in [-0.3, -0.25) is 9.69 Å². The highest BCUT2D eigenvalue weighted by Crippen LogP contribution is 2.47. The first-order valence-electron chi connectivity index (χ1n) is 10.6. The van der Waals surface area contributed by atoms with Crippen LogP contribution in [-0.2, 0) is 4.79 Å². The standard InChI is InChI=1S/C25H27N3O4S/c1-15-7-6-8-16(2)23(15)27-13-28-22(29)11-18(19(12-26)25(28)33-14-27)17-9-20(30-3)24(32-5)21(10-17)31-4/h6-10,18H,11,13-14H2,1-5H3. The lowest BCUT2D eigenvalue weighted by atomic mass is 9.86. The summed E-state index contributed by atoms with van der Waals surface area (Å²) < 4.78 is 16.4. The fourth-order valence-electron chi connectivity index (χ4n) is 4.60. The number of thioether (sulfide) groups is 1. The van der Waals surface area contributed by atoms with Gasteiger partial charge in [-0.1, -0.05) is 30.0 Å². The molecule has 1 amide bonds. The molecule has 0 bridgehead atoms. The number of carbonyl (C=O) groups excluding carboxylic acids is 1. The number of anilines is 1. The highest BCUT2D eigenvalue weighted by molar-refractivity contribution is 8.03. The van der Waals surface area contributed by atoms with Crippen LogP contribution in [0.2, 0.25) is 0 Å². The average molecular weight is 466 g/mol. The number of nitriles is 1. The Bertz CT molecular complexity index is 1130. The maximum absolute atomic E-state index is 13.3. The number of carbonyl (C=O) groups is 1. The molecule has 2 aliphatic heterocycles. The van der Waals surface area contributed by atoms with Gasteiger partial charge in [0.15, 0.2) is 11.5 Å². The zero-order valence-corrected chi connectivity index (χ0v) is 20.3. The van der Waals surface area contributed by atoms with Gasteiger partial charge in [-0.2, -0.15) is 5.26 Å². The molecule has 2 aliphatic rings. The first-order valence-corrected chi connectivity index (χ1v) is 11.6. The van der Waals surface area contributed by atoms with Crippen molar-refractivity contribution in [3.63, 3.8) is 0 Å². The first-order chi connectivity index (χ1) is 15.9. The summed E-state index contributed by atoms with van der Waals surface area (Å²) >= 11 is 1.53. The van der Waals surface area contributed by atoms with Crippen molar-refractivity contribution in [1.82, 2.24) is 4.90 Å². The molecule has 0 spiro atoms. The van der Waals surface area contributed by atoms with Crippen LogP contribution in [0, 0.1) is 25.2 Å². The largest absolute Gasteiger partial charge is 0.493 e. The van der Waals surface area contributed by atoms with Crippen molar-refractivity contribution in [3.8, 4) is 23.3 Å². The van der Waals surface area contributed by atoms with Crippen molar-refractivity contribution in [2.75, 3.05) is 38.8 Å². The van der Waals surface area contributed by atoms with Crippen LogP contribution in [0.15, 0.2) is 40.9 Å². The monoisotopic (exact) mass is 465 g/mol. The molecule has 0 saturated carbocycles. The van der Waals surface area contributed by atoms with Gasteiger partial charge >= 0.3 is 0 Å². The Labute approximate surface area is 198 Å². The SMILES string of the molecule is COc1cc(C2CC(=O)N3CN(c4c(C)cccc4C)CSC3=C2C#N)cc(OC)c1OC. The second kappa shape index (κ2) is 9.28. The van der Waals surface area contributed by atoms with Crippen LogP contribution < -0.4 is 19.1 Å². The molecule has 1 fully saturated rings. The molecule has 172 valence electrons. The predicted molar refractivity (Wildman–Crippen MR) is 129 cm³/mol. The lowest BCUT2D eigenvalue weighted by Gasteiger charge is -2.43. The highest BCUT2D eigenvalue weighted by atomic mass is 32.2. The summed E-state index contributed by atoms with van der Waals surface area (Å²) in [7, 11) is 4.65. The molecule has 2 aromatic rings. The Hall–Kier alpha value is -3.31. The van der Waals surface area contributed by atoms with E-state index in [0.29, 0.717) is 35.4 Å². The third kappa shape index (κ3) is 3.98. The van der Waals surface area contributed by atoms with Gasteiger partial charge in [0.2, 0.25) is 11.7 Å². The number of fused-ring (bicyclic) bond motifs is 1. The summed E-state index contributed by atoms with van der Waals surface area (Å²) in [4.78, 5) is 17.3. The van der Waals surface area contributed by atoms with E-state index in [4.69, 9.17) is 14.2 Å². The number of aryl methyl sites for hydroxylation is 2. The minimum atomic E-state index is -0.373. The maximum Gasteiger partial charge on any atom is 0.229 e. The zero-order chi connectivity index (χ0) is 23.7. The fourth-order valence-corrected chi connectivity index (χ4v) is 5.74. The van der Waals surface area contributed by atoms with E-state index >= 15 is 0 Å². The number of benzene rings is 2. The van der Waals surface area contributed by atoms with Crippen LogP contribution in [0.1, 0.15) is 29.0 Å². The van der Waals surface area contributed by atoms with E-state index in [-0.39, 0.29) is 18.2 Å². The van der Waals surface area contributed by atoms with Gasteiger partial charge in [-0.15, -0.1) is 0 Å². The number of rotatable bonds is 5. The number of allylic oxidation sites excluding steroid dienone is 1. The van der Waals surface area contributed by atoms with Crippen LogP contribution >= 0.6 is 11.8 Å². The van der Waals surface area contributed by atoms with E-state index in [1.807, 2.05) is 18.2 Å². The maximum atomic E-state index is 13.3. The number of amides is 1. The summed E-state index contributed by atoms with van der Waals surface area (Å²) in [6.07, 6.45) is 0.201. The Morgan fingerprint density at radius 3 is 2.24 bits per heavy atom. The van der Waals surface area contributed by atoms with Crippen molar-refractivity contribution in [2.45, 2.75) is 26.2 Å². The topological polar surface area (TPSA) is 75.0 Å². The Kier molecular flexibility index (Phi) is 6.43. The highest BCUT2D eigenvalue weighted by Gasteiger charge is 2.39. The van der Waals surface area contributed by atoms with E-state index < -0.39 is 0 Å². The smallest absolute Gasteiger partial charge is 0.229 e. The number of nitrogens with zero attached hydrogens (tertiary/aromatic N) is 3. The van der Waals surface area contributed by atoms with Crippen LogP contribution in [0.4, 0.5) is 5.69 Å². The summed E-state index contributed by atoms with van der Waals surface area (Å²) in [5.74, 6) is 1.77. The van der Waals surface area contributed by atoms with E-state index in [9.17, 15) is 10.1 Å². The van der Waals surface area contributed by atoms with Crippen molar-refractivity contribution >= 4 is 23.4 Å². The number of ether oxygens (including phenoxy) is 3. The molecule has 0 aromatic heterocycles. The Morgan fingerprint density at radius 1 is 1.06 bits per heavy atom. The summed E-state index contributed by atoms with van der Waals surface area (Å²) in [6.45, 7) is 4.59. The normalized spacial score (nSPS) is 18.1. The Balaban J connectivity index is 1.73. The molecular weight excluding hydrogens is 438 g/mol. The third-order valence-corrected chi connectivity index (χ3v) is 7.29. The van der Waals surface area contributed by atoms with Gasteiger partial charge in [0, 0.05) is 18.0 Å². The molecule has 2 aromatic carbocycles. The van der Waals surface area contributed by atoms with Crippen molar-refractivity contribution < 1.29 is 19.0 Å². The molecule has 1 saturated heterocycles. The Morgan fingerprint density at radius 2 is 1.70 bits per heavy atom. The van der Waals surface area contributed by atoms with E-state index in [2.05, 4.69) is 36.9 Å². The molecule has 1 atom stereocenters. The van der Waals surface area contributed by atoms with Crippen molar-refractivity contribution in [2.24, 2.45) is 0 Å². The number of para-hydroxylation sites is 1. The summed E-state index contributed by atoms with van der Waals surface area (Å²) in [6, 6.07) is 12.2. The molecule has 7 nitrogen and oxygen atoms in total. The average Bonchev–Trinajstić information content (AvgIpc) is 2.83. The summed E-state index contributed by atoms with van der Waals surface area (Å²) in [5.41, 5.74) is 4.86. The molecule has 2 heterocycles. The summed E-state index contributed by atoms with van der Waals surface area (Å²) in [5, 5.41) is 10.8. The second-order valence-corrected chi connectivity index (χ2v) is 9.00. The first kappa shape index (κ1) is 22.9. The molecule has 0 radical (unpaired) electrons. The fraction of sp³-hybridized carbons (Fsp3) is 0.360. The molecule has 33 heavy (non-hydrogen) atoms. The van der Waals surface area contributed by atoms with Crippen LogP contribution in [0.5, 0.6) is 17.2 Å². The number of hydrogen-bond donors (Lipinski definition) is 0. The molecule has 0 aliphatic carbocycles. The van der Waals surface area contributed by atoms with Gasteiger partial charge in [0.1, 0.15) is 0 Å². The van der Waals surface area contributed by atoms with Gasteiger partial charge in [-0.05, 0) is 42.7 Å². The van der Waals surface area contributed by atoms with Gasteiger partial charge in [-0.25, -0.2) is 0 Å². The van der Waals surface area contributed by atoms with Gasteiger partial charge < -0.3 is 19.1 Å². The van der Waals surface area contributed by atoms with Crippen LogP contribution in [-0.4, -0.2) is 44.7 Å². The van der Waals surface area contributed by atoms with Crippen LogP contribution in [0.25, 0.3) is 0 Å². The lowest BCUT2D eigenvalue weighted by molar-refractivity contribution is -0.129. The molecule has 8 heteroatoms. The zero-order valence-electron chi connectivity index (χ0n) is 19.5. The van der Waals surface area contributed by atoms with E-state index in [0.717, 1.165) is 16.3 Å². The lowest BCUT2D eigenvalue weighted by Crippen LogP contribution is -2.47. The van der Waals surface area contributed by atoms with Crippen molar-refractivity contribution in [3.05, 3.63) is 57.6 Å². The quantitative estimate of drug-likeness (QED) is 0.641. The minimum Gasteiger partial charge on any atom is -0.493 e. The van der Waals surface area contributed by atoms with E-state index in [1.54, 1.807) is 26.2 Å². The third-order valence-electron chi connectivity index (χ3n) is 6.14. The predicted octanol–water partition coefficient (Wildman–Crippen LogP) is 4.55. The van der Waals surface area contributed by atoms with Gasteiger partial charge in [0.05, 0.1) is 50.5 Å². The van der Waals surface area contributed by atoms with E-state index in [1.165, 1.54) is 22.9 Å².